The maximum absolute atomic E-state index is 14.3. The lowest BCUT2D eigenvalue weighted by Gasteiger charge is -2.48. The van der Waals surface area contributed by atoms with E-state index in [1.165, 1.54) is 9.36 Å². The SMILES string of the molecule is CC1CCC[C@@H](O[C@@H]2OC(CO)[C@H](O)C(O[C@@H](CC3CCCCC3)C(=O)N3CCC3)C2NC(=O)Cn2cc(COCCOCCOCCOCCOCc3cn(CC(=O)NC4C(O[C@@H](CC5CCCCC5)C(=O)N5CCC5)[C@@H](O)C(CO)O[C@H]4O[C@@H]4CCCC(C)C4O[C@@H]4OC(C)[C@@H](O)C(O)C4O)nn3)nn2)C1O[C@@H]1OC(C)[C@@H](O)C(O)C1O. The zero-order valence-corrected chi connectivity index (χ0v) is 69.2. The van der Waals surface area contributed by atoms with Gasteiger partial charge in [-0.15, -0.1) is 10.2 Å². The molecular weight excluding hydrogens is 1560 g/mol. The van der Waals surface area contributed by atoms with E-state index in [0.29, 0.717) is 88.9 Å². The molecule has 28 atom stereocenters. The Labute approximate surface area is 694 Å². The van der Waals surface area contributed by atoms with E-state index in [0.717, 1.165) is 77.0 Å². The number of ether oxygens (including phenoxy) is 15. The van der Waals surface area contributed by atoms with Crippen molar-refractivity contribution >= 4 is 23.6 Å². The summed E-state index contributed by atoms with van der Waals surface area (Å²) in [6.07, 6.45) is -10.2. The molecule has 2 aromatic rings. The minimum atomic E-state index is -1.58. The van der Waals surface area contributed by atoms with Crippen molar-refractivity contribution in [3.05, 3.63) is 23.8 Å². The number of nitrogens with zero attached hydrogens (tertiary/aromatic N) is 8. The Balaban J connectivity index is 0.570. The smallest absolute Gasteiger partial charge is 0.251 e. The molecule has 4 amide bonds. The van der Waals surface area contributed by atoms with Crippen LogP contribution in [0.5, 0.6) is 0 Å². The van der Waals surface area contributed by atoms with E-state index in [1.54, 1.807) is 36.0 Å². The van der Waals surface area contributed by atoms with Crippen LogP contribution in [0.2, 0.25) is 0 Å². The van der Waals surface area contributed by atoms with Gasteiger partial charge in [0.25, 0.3) is 11.8 Å². The summed E-state index contributed by atoms with van der Waals surface area (Å²) in [4.78, 5) is 60.6. The third-order valence-corrected chi connectivity index (χ3v) is 25.2. The standard InChI is InChI=1S/C80H132N10O29/c1-45-15-11-21-53(71(45)118-79-69(101)67(99)63(95)47(3)110-79)114-77-61(73(65(97)57(41-91)116-77)112-55(75(103)87-23-13-24-87)35-49-17-7-5-8-18-49)81-59(93)39-89-37-51(83-85-89)43-108-33-31-106-29-27-105-28-30-107-32-34-109-44-52-38-90(86-84-52)40-60(94)82-62-74(113-56(76(104)88-25-14-26-88)36-50-19-9-6-10-20-50)66(98)58(42-92)117-78(62)115-54-22-12-16-46(2)72(54)119-80-70(102)68(100)64(96)48(4)111-80/h37-38,45-50,53-58,61-74,77-80,91-92,95-102H,5-36,39-44H2,1-4H3,(H,81,93)(H,82,94)/t45?,46?,47?,48?,53-,54-,55+,56+,57?,58?,61?,62?,63-,64-,65+,66+,67?,68?,69?,70?,71?,72?,73?,74?,77-,78-,79+,80+/m1/s1. The summed E-state index contributed by atoms with van der Waals surface area (Å²) in [5.74, 6) is -1.58. The summed E-state index contributed by atoms with van der Waals surface area (Å²) in [6, 6.07) is -2.52. The minimum Gasteiger partial charge on any atom is -0.394 e. The normalized spacial score (nSPS) is 36.2. The minimum absolute atomic E-state index is 0.0446. The molecule has 39 heteroatoms. The van der Waals surface area contributed by atoms with E-state index < -0.39 is 184 Å². The highest BCUT2D eigenvalue weighted by atomic mass is 16.7. The highest BCUT2D eigenvalue weighted by Gasteiger charge is 2.55. The summed E-state index contributed by atoms with van der Waals surface area (Å²) in [5, 5.41) is 132. The number of nitrogens with one attached hydrogen (secondary N) is 2. The molecule has 0 radical (unpaired) electrons. The van der Waals surface area contributed by atoms with Gasteiger partial charge in [-0.1, -0.05) is 101 Å². The zero-order chi connectivity index (χ0) is 84.2. The van der Waals surface area contributed by atoms with Crippen LogP contribution < -0.4 is 10.6 Å². The molecule has 8 heterocycles. The lowest BCUT2D eigenvalue weighted by atomic mass is 9.84. The van der Waals surface area contributed by atoms with Crippen LogP contribution in [0, 0.1) is 23.7 Å². The van der Waals surface area contributed by atoms with Gasteiger partial charge < -0.3 is 143 Å². The van der Waals surface area contributed by atoms with Gasteiger partial charge in [0.1, 0.15) is 122 Å². The lowest BCUT2D eigenvalue weighted by Crippen LogP contribution is -2.67. The van der Waals surface area contributed by atoms with Crippen molar-refractivity contribution < 1.29 is 141 Å². The number of aliphatic hydroxyl groups excluding tert-OH is 10. The molecule has 0 aromatic carbocycles. The molecule has 10 aliphatic rings. The number of hydrogen-bond donors (Lipinski definition) is 12. The van der Waals surface area contributed by atoms with Crippen LogP contribution in [0.25, 0.3) is 0 Å². The van der Waals surface area contributed by atoms with Crippen molar-refractivity contribution in [1.82, 2.24) is 50.4 Å². The van der Waals surface area contributed by atoms with Gasteiger partial charge in [-0.25, -0.2) is 9.36 Å². The monoisotopic (exact) mass is 1700 g/mol. The quantitative estimate of drug-likeness (QED) is 0.0338. The molecule has 6 saturated heterocycles. The first-order valence-corrected chi connectivity index (χ1v) is 43.6. The average molecular weight is 1700 g/mol. The summed E-state index contributed by atoms with van der Waals surface area (Å²) >= 11 is 0. The Morgan fingerprint density at radius 3 is 1.14 bits per heavy atom. The maximum Gasteiger partial charge on any atom is 0.251 e. The van der Waals surface area contributed by atoms with E-state index in [-0.39, 0.29) is 115 Å². The molecule has 676 valence electrons. The predicted molar refractivity (Wildman–Crippen MR) is 412 cm³/mol. The third-order valence-electron chi connectivity index (χ3n) is 25.2. The van der Waals surface area contributed by atoms with Crippen molar-refractivity contribution in [3.63, 3.8) is 0 Å². The van der Waals surface area contributed by atoms with Crippen LogP contribution in [0.15, 0.2) is 12.4 Å². The van der Waals surface area contributed by atoms with Gasteiger partial charge in [0.05, 0.1) is 128 Å². The Kier molecular flexibility index (Phi) is 36.0. The second kappa shape index (κ2) is 45.9. The molecule has 2 aromatic heterocycles. The fourth-order valence-corrected chi connectivity index (χ4v) is 17.9. The molecule has 4 aliphatic carbocycles. The number of hydrogen-bond acceptors (Lipinski definition) is 33. The third kappa shape index (κ3) is 25.3. The molecule has 12 N–H and O–H groups in total. The van der Waals surface area contributed by atoms with Crippen molar-refractivity contribution in [2.75, 3.05) is 92.2 Å². The summed E-state index contributed by atoms with van der Waals surface area (Å²) < 4.78 is 95.7. The largest absolute Gasteiger partial charge is 0.394 e. The van der Waals surface area contributed by atoms with Crippen LogP contribution in [-0.2, 0) is 117 Å². The summed E-state index contributed by atoms with van der Waals surface area (Å²) in [7, 11) is 0. The summed E-state index contributed by atoms with van der Waals surface area (Å²) in [5.41, 5.74) is 0.841. The first-order chi connectivity index (χ1) is 57.5. The maximum atomic E-state index is 14.3. The number of carbonyl (C=O) groups is 4. The molecule has 0 bridgehead atoms. The number of aliphatic hydroxyl groups is 10. The molecule has 119 heavy (non-hydrogen) atoms. The van der Waals surface area contributed by atoms with E-state index in [1.807, 2.05) is 13.8 Å². The van der Waals surface area contributed by atoms with Gasteiger partial charge in [0.2, 0.25) is 11.8 Å². The molecule has 12 rings (SSSR count). The first kappa shape index (κ1) is 93.3. The van der Waals surface area contributed by atoms with E-state index in [2.05, 4.69) is 31.3 Å². The molecule has 0 spiro atoms. The molecule has 10 fully saturated rings. The Morgan fingerprint density at radius 2 is 0.790 bits per heavy atom. The number of amides is 4. The van der Waals surface area contributed by atoms with Gasteiger partial charge in [0.15, 0.2) is 25.2 Å². The van der Waals surface area contributed by atoms with Crippen molar-refractivity contribution in [2.45, 2.75) is 342 Å². The lowest BCUT2D eigenvalue weighted by molar-refractivity contribution is -0.336. The van der Waals surface area contributed by atoms with E-state index in [9.17, 15) is 70.2 Å². The molecular formula is C80H132N10O29. The summed E-state index contributed by atoms with van der Waals surface area (Å²) in [6.45, 7) is 9.35. The highest BCUT2D eigenvalue weighted by molar-refractivity contribution is 5.82. The second-order valence-electron chi connectivity index (χ2n) is 34.1. The van der Waals surface area contributed by atoms with Gasteiger partial charge in [-0.3, -0.25) is 19.2 Å². The van der Waals surface area contributed by atoms with Gasteiger partial charge in [0, 0.05) is 26.2 Å². The highest BCUT2D eigenvalue weighted by Crippen LogP contribution is 2.41. The number of likely N-dealkylation sites (tertiary alicyclic amines) is 2. The van der Waals surface area contributed by atoms with Gasteiger partial charge in [-0.2, -0.15) is 0 Å². The molecule has 39 nitrogen and oxygen atoms in total. The predicted octanol–water partition coefficient (Wildman–Crippen LogP) is -1.47. The van der Waals surface area contributed by atoms with E-state index in [4.69, 9.17) is 71.1 Å². The van der Waals surface area contributed by atoms with E-state index >= 15 is 0 Å². The first-order valence-electron chi connectivity index (χ1n) is 43.6. The van der Waals surface area contributed by atoms with Crippen molar-refractivity contribution in [2.24, 2.45) is 23.7 Å². The Morgan fingerprint density at radius 1 is 0.420 bits per heavy atom. The Hall–Kier alpha value is -4.84. The number of carbonyl (C=O) groups excluding carboxylic acids is 4. The Bertz CT molecular complexity index is 3160. The molecule has 6 aliphatic heterocycles. The van der Waals surface area contributed by atoms with Crippen LogP contribution in [0.4, 0.5) is 0 Å². The van der Waals surface area contributed by atoms with Crippen molar-refractivity contribution in [3.8, 4) is 0 Å². The van der Waals surface area contributed by atoms with Crippen LogP contribution in [-0.4, -0.2) is 366 Å². The number of aromatic nitrogens is 6. The second-order valence-corrected chi connectivity index (χ2v) is 34.1. The van der Waals surface area contributed by atoms with Crippen LogP contribution in [0.3, 0.4) is 0 Å². The zero-order valence-electron chi connectivity index (χ0n) is 69.2. The average Bonchev–Trinajstić information content (AvgIpc) is 1.30. The topological polar surface area (TPSA) is 501 Å². The fourth-order valence-electron chi connectivity index (χ4n) is 17.9. The van der Waals surface area contributed by atoms with Crippen LogP contribution >= 0.6 is 0 Å². The van der Waals surface area contributed by atoms with Gasteiger partial charge >= 0.3 is 0 Å². The van der Waals surface area contributed by atoms with Crippen LogP contribution in [0.1, 0.15) is 167 Å². The van der Waals surface area contributed by atoms with Crippen molar-refractivity contribution in [1.29, 1.82) is 0 Å². The fraction of sp³-hybridized carbons (Fsp3) is 0.900. The molecule has 4 saturated carbocycles. The van der Waals surface area contributed by atoms with Gasteiger partial charge in [-0.05, 0) is 88.9 Å². The number of rotatable bonds is 42. The molecule has 16 unspecified atom stereocenters.